The summed E-state index contributed by atoms with van der Waals surface area (Å²) in [5, 5.41) is 0. The van der Waals surface area contributed by atoms with Gasteiger partial charge in [0.05, 0.1) is 18.1 Å². The molecule has 1 amide bonds. The van der Waals surface area contributed by atoms with Crippen LogP contribution >= 0.6 is 24.0 Å². The average molecular weight is 349 g/mol. The summed E-state index contributed by atoms with van der Waals surface area (Å²) < 4.78 is 5.99. The Kier molecular flexibility index (Phi) is 5.77. The van der Waals surface area contributed by atoms with E-state index in [1.54, 1.807) is 17.3 Å². The molecule has 1 aromatic heterocycles. The number of rotatable bonds is 5. The highest BCUT2D eigenvalue weighted by Crippen LogP contribution is 2.32. The number of thioether (sulfide) groups is 1. The van der Waals surface area contributed by atoms with Crippen molar-refractivity contribution in [3.63, 3.8) is 0 Å². The molecule has 0 aliphatic carbocycles. The van der Waals surface area contributed by atoms with E-state index in [0.29, 0.717) is 15.8 Å². The predicted molar refractivity (Wildman–Crippen MR) is 96.0 cm³/mol. The molecule has 0 radical (unpaired) electrons. The second-order valence-corrected chi connectivity index (χ2v) is 7.10. The second-order valence-electron chi connectivity index (χ2n) is 5.42. The number of hydrogen-bond acceptors (Lipinski definition) is 6. The number of hydrogen-bond donors (Lipinski definition) is 0. The maximum atomic E-state index is 12.5. The van der Waals surface area contributed by atoms with Crippen LogP contribution in [0.1, 0.15) is 12.0 Å². The minimum absolute atomic E-state index is 0.0128. The molecule has 0 N–H and O–H groups in total. The molecule has 2 aliphatic rings. The Morgan fingerprint density at radius 2 is 2.00 bits per heavy atom. The first-order valence-electron chi connectivity index (χ1n) is 7.69. The molecule has 0 bridgehead atoms. The zero-order valence-electron chi connectivity index (χ0n) is 12.8. The Morgan fingerprint density at radius 1 is 1.26 bits per heavy atom. The molecule has 3 heterocycles. The summed E-state index contributed by atoms with van der Waals surface area (Å²) >= 11 is 6.74. The van der Waals surface area contributed by atoms with E-state index in [1.165, 1.54) is 11.8 Å². The van der Waals surface area contributed by atoms with E-state index in [2.05, 4.69) is 9.88 Å². The van der Waals surface area contributed by atoms with E-state index < -0.39 is 0 Å². The van der Waals surface area contributed by atoms with Gasteiger partial charge in [-0.15, -0.1) is 0 Å². The van der Waals surface area contributed by atoms with Crippen molar-refractivity contribution < 1.29 is 9.53 Å². The first-order valence-corrected chi connectivity index (χ1v) is 8.92. The second kappa shape index (κ2) is 8.01. The molecule has 5 nitrogen and oxygen atoms in total. The summed E-state index contributed by atoms with van der Waals surface area (Å²) in [5.74, 6) is 0.0128. The molecule has 1 aromatic rings. The number of carbonyl (C=O) groups is 1. The molecule has 0 spiro atoms. The van der Waals surface area contributed by atoms with Gasteiger partial charge in [-0.3, -0.25) is 19.6 Å². The van der Waals surface area contributed by atoms with Gasteiger partial charge in [0.15, 0.2) is 0 Å². The summed E-state index contributed by atoms with van der Waals surface area (Å²) in [7, 11) is 0. The Bertz CT molecular complexity index is 601. The monoisotopic (exact) mass is 349 g/mol. The topological polar surface area (TPSA) is 45.7 Å². The summed E-state index contributed by atoms with van der Waals surface area (Å²) in [6, 6.07) is 3.76. The number of pyridine rings is 1. The fraction of sp³-hybridized carbons (Fsp3) is 0.438. The SMILES string of the molecule is O=C1C(=Cc2ccncc2)SC(=S)N1CCCN1CCOCC1. The van der Waals surface area contributed by atoms with Gasteiger partial charge in [-0.2, -0.15) is 0 Å². The lowest BCUT2D eigenvalue weighted by molar-refractivity contribution is -0.122. The number of ether oxygens (including phenoxy) is 1. The lowest BCUT2D eigenvalue weighted by Crippen LogP contribution is -2.38. The Labute approximate surface area is 145 Å². The summed E-state index contributed by atoms with van der Waals surface area (Å²) in [5.41, 5.74) is 0.966. The van der Waals surface area contributed by atoms with Crippen molar-refractivity contribution in [2.75, 3.05) is 39.4 Å². The van der Waals surface area contributed by atoms with Gasteiger partial charge in [0, 0.05) is 38.6 Å². The van der Waals surface area contributed by atoms with E-state index in [0.717, 1.165) is 44.8 Å². The first kappa shape index (κ1) is 16.6. The number of nitrogens with zero attached hydrogens (tertiary/aromatic N) is 3. The number of carbonyl (C=O) groups excluding carboxylic acids is 1. The number of morpholine rings is 1. The van der Waals surface area contributed by atoms with Crippen molar-refractivity contribution in [3.05, 3.63) is 35.0 Å². The van der Waals surface area contributed by atoms with Crippen molar-refractivity contribution >= 4 is 40.3 Å². The summed E-state index contributed by atoms with van der Waals surface area (Å²) in [6.45, 7) is 5.20. The van der Waals surface area contributed by atoms with Crippen LogP contribution in [0.2, 0.25) is 0 Å². The number of amides is 1. The smallest absolute Gasteiger partial charge is 0.266 e. The molecule has 2 saturated heterocycles. The zero-order valence-corrected chi connectivity index (χ0v) is 14.4. The minimum Gasteiger partial charge on any atom is -0.379 e. The highest BCUT2D eigenvalue weighted by Gasteiger charge is 2.31. The van der Waals surface area contributed by atoms with E-state index in [-0.39, 0.29) is 5.91 Å². The fourth-order valence-electron chi connectivity index (χ4n) is 2.58. The highest BCUT2D eigenvalue weighted by atomic mass is 32.2. The van der Waals surface area contributed by atoms with Crippen molar-refractivity contribution in [2.24, 2.45) is 0 Å². The molecule has 0 atom stereocenters. The van der Waals surface area contributed by atoms with Crippen molar-refractivity contribution in [1.82, 2.24) is 14.8 Å². The van der Waals surface area contributed by atoms with Crippen LogP contribution in [0.4, 0.5) is 0 Å². The molecule has 0 saturated carbocycles. The molecule has 7 heteroatoms. The quantitative estimate of drug-likeness (QED) is 0.599. The maximum Gasteiger partial charge on any atom is 0.266 e. The van der Waals surface area contributed by atoms with Gasteiger partial charge in [0.25, 0.3) is 5.91 Å². The molecule has 0 aromatic carbocycles. The minimum atomic E-state index is 0.0128. The van der Waals surface area contributed by atoms with Crippen LogP contribution in [0.25, 0.3) is 6.08 Å². The normalized spacial score (nSPS) is 21.4. The standard InChI is InChI=1S/C16H19N3O2S2/c20-15-14(12-13-2-4-17-5-3-13)23-16(22)19(15)7-1-6-18-8-10-21-11-9-18/h2-5,12H,1,6-11H2. The Hall–Kier alpha value is -1.28. The summed E-state index contributed by atoms with van der Waals surface area (Å²) in [6.07, 6.45) is 6.24. The third kappa shape index (κ3) is 4.38. The van der Waals surface area contributed by atoms with Gasteiger partial charge in [0.1, 0.15) is 4.32 Å². The molecule has 23 heavy (non-hydrogen) atoms. The van der Waals surface area contributed by atoms with Crippen LogP contribution < -0.4 is 0 Å². The van der Waals surface area contributed by atoms with Gasteiger partial charge < -0.3 is 4.74 Å². The first-order chi connectivity index (χ1) is 11.2. The zero-order chi connectivity index (χ0) is 16.1. The summed E-state index contributed by atoms with van der Waals surface area (Å²) in [4.78, 5) is 21.3. The molecule has 3 rings (SSSR count). The van der Waals surface area contributed by atoms with Crippen molar-refractivity contribution in [1.29, 1.82) is 0 Å². The lowest BCUT2D eigenvalue weighted by atomic mass is 10.2. The number of thiocarbonyl (C=S) groups is 1. The van der Waals surface area contributed by atoms with Crippen molar-refractivity contribution in [3.8, 4) is 0 Å². The maximum absolute atomic E-state index is 12.5. The lowest BCUT2D eigenvalue weighted by Gasteiger charge is -2.27. The van der Waals surface area contributed by atoms with Gasteiger partial charge in [0.2, 0.25) is 0 Å². The number of aromatic nitrogens is 1. The third-order valence-corrected chi connectivity index (χ3v) is 5.22. The highest BCUT2D eigenvalue weighted by molar-refractivity contribution is 8.26. The molecule has 2 fully saturated rings. The van der Waals surface area contributed by atoms with Gasteiger partial charge >= 0.3 is 0 Å². The van der Waals surface area contributed by atoms with Gasteiger partial charge in [-0.25, -0.2) is 0 Å². The van der Waals surface area contributed by atoms with Gasteiger partial charge in [-0.1, -0.05) is 24.0 Å². The van der Waals surface area contributed by atoms with Crippen molar-refractivity contribution in [2.45, 2.75) is 6.42 Å². The molecular formula is C16H19N3O2S2. The van der Waals surface area contributed by atoms with Crippen LogP contribution in [-0.2, 0) is 9.53 Å². The fourth-order valence-corrected chi connectivity index (χ4v) is 3.89. The molecular weight excluding hydrogens is 330 g/mol. The van der Waals surface area contributed by atoms with E-state index in [4.69, 9.17) is 17.0 Å². The van der Waals surface area contributed by atoms with E-state index >= 15 is 0 Å². The van der Waals surface area contributed by atoms with Crippen LogP contribution in [0.3, 0.4) is 0 Å². The van der Waals surface area contributed by atoms with E-state index in [1.807, 2.05) is 18.2 Å². The molecule has 122 valence electrons. The Balaban J connectivity index is 1.55. The van der Waals surface area contributed by atoms with Crippen LogP contribution in [0, 0.1) is 0 Å². The van der Waals surface area contributed by atoms with Crippen LogP contribution in [-0.4, -0.2) is 64.4 Å². The van der Waals surface area contributed by atoms with Crippen LogP contribution in [0.15, 0.2) is 29.4 Å². The largest absolute Gasteiger partial charge is 0.379 e. The predicted octanol–water partition coefficient (Wildman–Crippen LogP) is 2.01. The molecule has 2 aliphatic heterocycles. The Morgan fingerprint density at radius 3 is 2.74 bits per heavy atom. The van der Waals surface area contributed by atoms with E-state index in [9.17, 15) is 4.79 Å². The molecule has 0 unspecified atom stereocenters. The third-order valence-electron chi connectivity index (χ3n) is 3.84. The average Bonchev–Trinajstić information content (AvgIpc) is 2.84. The van der Waals surface area contributed by atoms with Crippen LogP contribution in [0.5, 0.6) is 0 Å². The van der Waals surface area contributed by atoms with Gasteiger partial charge in [-0.05, 0) is 30.2 Å².